The Kier molecular flexibility index (Phi) is 5.19. The minimum absolute atomic E-state index is 0.200. The van der Waals surface area contributed by atoms with E-state index in [4.69, 9.17) is 11.6 Å². The summed E-state index contributed by atoms with van der Waals surface area (Å²) in [4.78, 5) is 16.5. The quantitative estimate of drug-likeness (QED) is 0.761. The molecule has 1 heterocycles. The Morgan fingerprint density at radius 1 is 1.40 bits per heavy atom. The highest BCUT2D eigenvalue weighted by molar-refractivity contribution is 14.1. The van der Waals surface area contributed by atoms with Gasteiger partial charge in [-0.05, 0) is 59.8 Å². The first-order chi connectivity index (χ1) is 9.61. The van der Waals surface area contributed by atoms with Crippen LogP contribution in [0.5, 0.6) is 0 Å². The molecular weight excluding hydrogens is 389 g/mol. The molecule has 0 aliphatic rings. The third kappa shape index (κ3) is 3.61. The third-order valence-electron chi connectivity index (χ3n) is 2.58. The first-order valence-electron chi connectivity index (χ1n) is 6.07. The number of aromatic nitrogens is 1. The fraction of sp³-hybridized carbons (Fsp3) is 0.143. The smallest absolute Gasteiger partial charge is 0.259 e. The molecule has 1 amide bonds. The number of hydrogen-bond acceptors (Lipinski definition) is 3. The molecule has 104 valence electrons. The van der Waals surface area contributed by atoms with Gasteiger partial charge >= 0.3 is 0 Å². The Balaban J connectivity index is 2.24. The molecule has 0 fully saturated rings. The molecule has 0 atom stereocenters. The topological polar surface area (TPSA) is 54.0 Å². The van der Waals surface area contributed by atoms with Crippen LogP contribution in [0.15, 0.2) is 36.5 Å². The Bertz CT molecular complexity index is 634. The Hall–Kier alpha value is -1.34. The summed E-state index contributed by atoms with van der Waals surface area (Å²) in [6, 6.07) is 8.80. The van der Waals surface area contributed by atoms with Crippen molar-refractivity contribution >= 4 is 51.6 Å². The highest BCUT2D eigenvalue weighted by atomic mass is 127. The molecule has 0 bridgehead atoms. The van der Waals surface area contributed by atoms with Gasteiger partial charge in [0.1, 0.15) is 5.82 Å². The predicted molar refractivity (Wildman–Crippen MR) is 90.5 cm³/mol. The minimum Gasteiger partial charge on any atom is -0.370 e. The fourth-order valence-corrected chi connectivity index (χ4v) is 2.68. The average molecular weight is 402 g/mol. The zero-order chi connectivity index (χ0) is 14.5. The summed E-state index contributed by atoms with van der Waals surface area (Å²) in [5, 5.41) is 6.58. The van der Waals surface area contributed by atoms with Crippen molar-refractivity contribution in [2.75, 3.05) is 17.2 Å². The number of nitrogens with zero attached hydrogens (tertiary/aromatic N) is 1. The van der Waals surface area contributed by atoms with Gasteiger partial charge in [-0.15, -0.1) is 0 Å². The number of pyridine rings is 1. The number of amides is 1. The summed E-state index contributed by atoms with van der Waals surface area (Å²) in [6.45, 7) is 2.66. The van der Waals surface area contributed by atoms with Crippen molar-refractivity contribution in [3.8, 4) is 0 Å². The van der Waals surface area contributed by atoms with E-state index in [9.17, 15) is 4.79 Å². The van der Waals surface area contributed by atoms with Gasteiger partial charge in [0.2, 0.25) is 0 Å². The number of rotatable bonds is 4. The largest absolute Gasteiger partial charge is 0.370 e. The van der Waals surface area contributed by atoms with E-state index in [1.54, 1.807) is 36.5 Å². The number of anilines is 2. The minimum atomic E-state index is -0.200. The van der Waals surface area contributed by atoms with Gasteiger partial charge in [0.15, 0.2) is 0 Å². The normalized spacial score (nSPS) is 10.2. The summed E-state index contributed by atoms with van der Waals surface area (Å²) in [5.41, 5.74) is 1.24. The molecule has 2 aromatic rings. The van der Waals surface area contributed by atoms with Crippen LogP contribution in [0.2, 0.25) is 5.02 Å². The molecule has 0 aliphatic carbocycles. The fourth-order valence-electron chi connectivity index (χ4n) is 1.68. The second kappa shape index (κ2) is 6.90. The van der Waals surface area contributed by atoms with E-state index in [-0.39, 0.29) is 5.91 Å². The maximum Gasteiger partial charge on any atom is 0.259 e. The van der Waals surface area contributed by atoms with E-state index >= 15 is 0 Å². The summed E-state index contributed by atoms with van der Waals surface area (Å²) in [5.74, 6) is 0.380. The molecule has 1 aromatic heterocycles. The molecule has 0 radical (unpaired) electrons. The maximum absolute atomic E-state index is 12.3. The van der Waals surface area contributed by atoms with Crippen LogP contribution in [-0.4, -0.2) is 17.4 Å². The molecule has 4 nitrogen and oxygen atoms in total. The van der Waals surface area contributed by atoms with Crippen LogP contribution in [0, 0.1) is 3.57 Å². The van der Waals surface area contributed by atoms with Crippen LogP contribution in [0.3, 0.4) is 0 Å². The lowest BCUT2D eigenvalue weighted by Gasteiger charge is -2.11. The van der Waals surface area contributed by atoms with Crippen LogP contribution in [0.4, 0.5) is 11.5 Å². The van der Waals surface area contributed by atoms with Crippen LogP contribution in [0.25, 0.3) is 0 Å². The van der Waals surface area contributed by atoms with E-state index in [0.29, 0.717) is 22.9 Å². The van der Waals surface area contributed by atoms with Gasteiger partial charge in [0.25, 0.3) is 5.91 Å². The molecule has 1 aromatic carbocycles. The molecular formula is C14H13ClIN3O. The van der Waals surface area contributed by atoms with Gasteiger partial charge in [0.05, 0.1) is 11.3 Å². The molecule has 0 aliphatic heterocycles. The first-order valence-corrected chi connectivity index (χ1v) is 7.52. The van der Waals surface area contributed by atoms with E-state index in [2.05, 4.69) is 38.2 Å². The summed E-state index contributed by atoms with van der Waals surface area (Å²) in [7, 11) is 0. The molecule has 0 saturated carbocycles. The van der Waals surface area contributed by atoms with Crippen molar-refractivity contribution in [1.29, 1.82) is 0 Å². The maximum atomic E-state index is 12.3. The highest BCUT2D eigenvalue weighted by Gasteiger charge is 2.13. The van der Waals surface area contributed by atoms with Crippen molar-refractivity contribution in [3.05, 3.63) is 50.7 Å². The average Bonchev–Trinajstić information content (AvgIpc) is 2.43. The van der Waals surface area contributed by atoms with Crippen LogP contribution < -0.4 is 10.6 Å². The molecule has 2 rings (SSSR count). The van der Waals surface area contributed by atoms with E-state index in [1.807, 2.05) is 6.92 Å². The monoisotopic (exact) mass is 401 g/mol. The SMILES string of the molecule is CCNc1ncccc1C(=O)Nc1ccc(Cl)cc1I. The van der Waals surface area contributed by atoms with Gasteiger partial charge in [-0.1, -0.05) is 11.6 Å². The molecule has 2 N–H and O–H groups in total. The van der Waals surface area contributed by atoms with Crippen LogP contribution in [-0.2, 0) is 0 Å². The van der Waals surface area contributed by atoms with E-state index in [1.165, 1.54) is 0 Å². The number of benzene rings is 1. The molecule has 0 spiro atoms. The van der Waals surface area contributed by atoms with Gasteiger partial charge in [-0.25, -0.2) is 4.98 Å². The van der Waals surface area contributed by atoms with Crippen molar-refractivity contribution in [1.82, 2.24) is 4.98 Å². The predicted octanol–water partition coefficient (Wildman–Crippen LogP) is 4.02. The van der Waals surface area contributed by atoms with Crippen LogP contribution >= 0.6 is 34.2 Å². The lowest BCUT2D eigenvalue weighted by atomic mass is 10.2. The summed E-state index contributed by atoms with van der Waals surface area (Å²) < 4.78 is 0.886. The first kappa shape index (κ1) is 15.1. The Morgan fingerprint density at radius 3 is 2.90 bits per heavy atom. The van der Waals surface area contributed by atoms with Crippen molar-refractivity contribution in [3.63, 3.8) is 0 Å². The standard InChI is InChI=1S/C14H13ClIN3O/c1-2-17-13-10(4-3-7-18-13)14(20)19-12-6-5-9(15)8-11(12)16/h3-8H,2H2,1H3,(H,17,18)(H,19,20). The second-order valence-electron chi connectivity index (χ2n) is 4.01. The van der Waals surface area contributed by atoms with Crippen LogP contribution in [0.1, 0.15) is 17.3 Å². The Labute approximate surface area is 136 Å². The zero-order valence-electron chi connectivity index (χ0n) is 10.8. The van der Waals surface area contributed by atoms with Gasteiger partial charge < -0.3 is 10.6 Å². The lowest BCUT2D eigenvalue weighted by Crippen LogP contribution is -2.16. The number of halogens is 2. The number of carbonyl (C=O) groups is 1. The third-order valence-corrected chi connectivity index (χ3v) is 3.70. The Morgan fingerprint density at radius 2 is 2.20 bits per heavy atom. The van der Waals surface area contributed by atoms with E-state index in [0.717, 1.165) is 9.26 Å². The number of nitrogens with one attached hydrogen (secondary N) is 2. The molecule has 20 heavy (non-hydrogen) atoms. The lowest BCUT2D eigenvalue weighted by molar-refractivity contribution is 0.102. The van der Waals surface area contributed by atoms with Gasteiger partial charge in [-0.3, -0.25) is 4.79 Å². The van der Waals surface area contributed by atoms with Crippen molar-refractivity contribution in [2.45, 2.75) is 6.92 Å². The molecule has 0 saturated heterocycles. The molecule has 6 heteroatoms. The number of hydrogen-bond donors (Lipinski definition) is 2. The summed E-state index contributed by atoms with van der Waals surface area (Å²) in [6.07, 6.45) is 1.65. The van der Waals surface area contributed by atoms with Gasteiger partial charge in [-0.2, -0.15) is 0 Å². The zero-order valence-corrected chi connectivity index (χ0v) is 13.7. The van der Waals surface area contributed by atoms with Crippen molar-refractivity contribution < 1.29 is 4.79 Å². The molecule has 0 unspecified atom stereocenters. The van der Waals surface area contributed by atoms with Gasteiger partial charge in [0, 0.05) is 21.3 Å². The highest BCUT2D eigenvalue weighted by Crippen LogP contribution is 2.23. The van der Waals surface area contributed by atoms with E-state index < -0.39 is 0 Å². The second-order valence-corrected chi connectivity index (χ2v) is 5.61. The summed E-state index contributed by atoms with van der Waals surface area (Å²) >= 11 is 8.03. The van der Waals surface area contributed by atoms with Crippen molar-refractivity contribution in [2.24, 2.45) is 0 Å². The number of carbonyl (C=O) groups excluding carboxylic acids is 1.